The predicted molar refractivity (Wildman–Crippen MR) is 98.6 cm³/mol. The molecule has 1 aliphatic heterocycles. The van der Waals surface area contributed by atoms with Gasteiger partial charge in [0.2, 0.25) is 0 Å². The zero-order chi connectivity index (χ0) is 20.0. The molecular formula is C19H14F2N2O4S. The molecule has 1 aliphatic rings. The number of aromatic nitrogens is 1. The van der Waals surface area contributed by atoms with E-state index in [0.29, 0.717) is 16.4 Å². The molecule has 0 saturated carbocycles. The first-order valence-corrected chi connectivity index (χ1v) is 9.18. The van der Waals surface area contributed by atoms with Crippen LogP contribution in [-0.4, -0.2) is 28.1 Å². The summed E-state index contributed by atoms with van der Waals surface area (Å²) in [6.45, 7) is 1.84. The van der Waals surface area contributed by atoms with E-state index in [-0.39, 0.29) is 16.8 Å². The van der Waals surface area contributed by atoms with Crippen molar-refractivity contribution in [3.05, 3.63) is 52.5 Å². The minimum absolute atomic E-state index is 0.00518. The van der Waals surface area contributed by atoms with E-state index in [9.17, 15) is 18.4 Å². The molecule has 144 valence electrons. The third kappa shape index (κ3) is 3.29. The van der Waals surface area contributed by atoms with E-state index < -0.39 is 36.0 Å². The summed E-state index contributed by atoms with van der Waals surface area (Å²) in [6, 6.07) is 7.13. The molecule has 0 aliphatic carbocycles. The number of fused-ring (bicyclic) bond motifs is 2. The van der Waals surface area contributed by atoms with Crippen molar-refractivity contribution in [2.24, 2.45) is 0 Å². The Morgan fingerprint density at radius 1 is 1.32 bits per heavy atom. The van der Waals surface area contributed by atoms with Gasteiger partial charge in [0.05, 0.1) is 28.9 Å². The van der Waals surface area contributed by atoms with Crippen LogP contribution in [0.25, 0.3) is 10.2 Å². The third-order valence-corrected chi connectivity index (χ3v) is 5.39. The summed E-state index contributed by atoms with van der Waals surface area (Å²) in [7, 11) is 0. The van der Waals surface area contributed by atoms with E-state index in [0.717, 1.165) is 29.0 Å². The van der Waals surface area contributed by atoms with Crippen molar-refractivity contribution in [3.63, 3.8) is 0 Å². The minimum atomic E-state index is -1.17. The Balaban J connectivity index is 1.74. The van der Waals surface area contributed by atoms with Crippen molar-refractivity contribution in [2.75, 3.05) is 4.90 Å². The second-order valence-electron chi connectivity index (χ2n) is 6.44. The summed E-state index contributed by atoms with van der Waals surface area (Å²) >= 11 is 1.02. The highest BCUT2D eigenvalue weighted by molar-refractivity contribution is 7.18. The number of rotatable bonds is 4. The van der Waals surface area contributed by atoms with Gasteiger partial charge >= 0.3 is 5.97 Å². The SMILES string of the molecule is Cc1ccc2c(c1)OC(CC(=O)O)C(=O)N2Cc1nc2cc(F)cc(F)c2s1. The van der Waals surface area contributed by atoms with Gasteiger partial charge in [-0.3, -0.25) is 14.5 Å². The van der Waals surface area contributed by atoms with Crippen LogP contribution >= 0.6 is 11.3 Å². The normalized spacial score (nSPS) is 16.2. The van der Waals surface area contributed by atoms with Crippen molar-refractivity contribution >= 4 is 39.1 Å². The Morgan fingerprint density at radius 3 is 2.86 bits per heavy atom. The van der Waals surface area contributed by atoms with Crippen LogP contribution in [0.2, 0.25) is 0 Å². The fourth-order valence-electron chi connectivity index (χ4n) is 3.09. The molecule has 1 unspecified atom stereocenters. The van der Waals surface area contributed by atoms with Gasteiger partial charge in [-0.1, -0.05) is 6.07 Å². The second kappa shape index (κ2) is 6.83. The summed E-state index contributed by atoms with van der Waals surface area (Å²) in [5.74, 6) is -2.74. The quantitative estimate of drug-likeness (QED) is 0.718. The first kappa shape index (κ1) is 18.3. The first-order chi connectivity index (χ1) is 13.3. The Bertz CT molecular complexity index is 1110. The third-order valence-electron chi connectivity index (χ3n) is 4.32. The maximum absolute atomic E-state index is 14.0. The van der Waals surface area contributed by atoms with E-state index in [1.54, 1.807) is 18.2 Å². The molecule has 28 heavy (non-hydrogen) atoms. The zero-order valence-corrected chi connectivity index (χ0v) is 15.4. The molecule has 2 heterocycles. The summed E-state index contributed by atoms with van der Waals surface area (Å²) in [5, 5.41) is 9.47. The number of amides is 1. The second-order valence-corrected chi connectivity index (χ2v) is 7.53. The van der Waals surface area contributed by atoms with Crippen molar-refractivity contribution < 1.29 is 28.2 Å². The van der Waals surface area contributed by atoms with Gasteiger partial charge in [0, 0.05) is 12.1 Å². The molecular weight excluding hydrogens is 390 g/mol. The smallest absolute Gasteiger partial charge is 0.307 e. The van der Waals surface area contributed by atoms with Crippen molar-refractivity contribution in [1.29, 1.82) is 0 Å². The van der Waals surface area contributed by atoms with Gasteiger partial charge in [-0.05, 0) is 24.6 Å². The maximum atomic E-state index is 14.0. The lowest BCUT2D eigenvalue weighted by Gasteiger charge is -2.33. The van der Waals surface area contributed by atoms with Gasteiger partial charge in [0.1, 0.15) is 22.4 Å². The standard InChI is InChI=1S/C19H14F2N2O4S/c1-9-2-3-13-14(4-9)27-15(7-17(24)25)19(26)23(13)8-16-22-12-6-10(20)5-11(21)18(12)28-16/h2-6,15H,7-8H2,1H3,(H,24,25). The highest BCUT2D eigenvalue weighted by Gasteiger charge is 2.36. The van der Waals surface area contributed by atoms with Gasteiger partial charge in [0.15, 0.2) is 6.10 Å². The minimum Gasteiger partial charge on any atom is -0.481 e. The fourth-order valence-corrected chi connectivity index (χ4v) is 4.03. The summed E-state index contributed by atoms with van der Waals surface area (Å²) in [4.78, 5) is 29.5. The topological polar surface area (TPSA) is 79.7 Å². The van der Waals surface area contributed by atoms with Crippen LogP contribution in [0.1, 0.15) is 17.0 Å². The molecule has 0 saturated heterocycles. The van der Waals surface area contributed by atoms with Crippen molar-refractivity contribution in [3.8, 4) is 5.75 Å². The molecule has 0 bridgehead atoms. The largest absolute Gasteiger partial charge is 0.481 e. The summed E-state index contributed by atoms with van der Waals surface area (Å²) in [5.41, 5.74) is 1.53. The molecule has 0 fully saturated rings. The number of aliphatic carboxylic acids is 1. The highest BCUT2D eigenvalue weighted by atomic mass is 32.1. The lowest BCUT2D eigenvalue weighted by Crippen LogP contribution is -2.46. The summed E-state index contributed by atoms with van der Waals surface area (Å²) < 4.78 is 33.2. The van der Waals surface area contributed by atoms with E-state index in [2.05, 4.69) is 4.98 Å². The molecule has 0 spiro atoms. The molecule has 1 N–H and O–H groups in total. The zero-order valence-electron chi connectivity index (χ0n) is 14.6. The lowest BCUT2D eigenvalue weighted by atomic mass is 10.1. The van der Waals surface area contributed by atoms with Gasteiger partial charge in [-0.2, -0.15) is 0 Å². The van der Waals surface area contributed by atoms with Crippen LogP contribution in [0.3, 0.4) is 0 Å². The number of hydrogen-bond acceptors (Lipinski definition) is 5. The number of carboxylic acids is 1. The number of carbonyl (C=O) groups excluding carboxylic acids is 1. The van der Waals surface area contributed by atoms with Crippen LogP contribution in [0.15, 0.2) is 30.3 Å². The van der Waals surface area contributed by atoms with E-state index in [4.69, 9.17) is 9.84 Å². The fraction of sp³-hybridized carbons (Fsp3) is 0.211. The number of anilines is 1. The number of aryl methyl sites for hydroxylation is 1. The molecule has 1 aromatic heterocycles. The number of thiazole rings is 1. The molecule has 2 aromatic carbocycles. The van der Waals surface area contributed by atoms with Crippen molar-refractivity contribution in [2.45, 2.75) is 26.0 Å². The molecule has 6 nitrogen and oxygen atoms in total. The number of nitrogens with zero attached hydrogens (tertiary/aromatic N) is 2. The van der Waals surface area contributed by atoms with Crippen LogP contribution in [0.5, 0.6) is 5.75 Å². The Hall–Kier alpha value is -3.07. The number of ether oxygens (including phenoxy) is 1. The predicted octanol–water partition coefficient (Wildman–Crippen LogP) is 3.65. The number of carboxylic acid groups (broad SMARTS) is 1. The molecule has 3 aromatic rings. The Kier molecular flexibility index (Phi) is 4.46. The van der Waals surface area contributed by atoms with Crippen molar-refractivity contribution in [1.82, 2.24) is 4.98 Å². The van der Waals surface area contributed by atoms with Crippen LogP contribution < -0.4 is 9.64 Å². The summed E-state index contributed by atoms with van der Waals surface area (Å²) in [6.07, 6.45) is -1.65. The number of benzene rings is 2. The average molecular weight is 404 g/mol. The molecule has 1 amide bonds. The van der Waals surface area contributed by atoms with Crippen LogP contribution in [0, 0.1) is 18.6 Å². The monoisotopic (exact) mass is 404 g/mol. The maximum Gasteiger partial charge on any atom is 0.307 e. The Morgan fingerprint density at radius 2 is 2.11 bits per heavy atom. The highest BCUT2D eigenvalue weighted by Crippen LogP contribution is 2.37. The molecule has 1 atom stereocenters. The average Bonchev–Trinajstić information content (AvgIpc) is 3.01. The number of carbonyl (C=O) groups is 2. The van der Waals surface area contributed by atoms with Crippen LogP contribution in [0.4, 0.5) is 14.5 Å². The van der Waals surface area contributed by atoms with E-state index >= 15 is 0 Å². The van der Waals surface area contributed by atoms with Crippen LogP contribution in [-0.2, 0) is 16.1 Å². The Labute approximate surface area is 162 Å². The van der Waals surface area contributed by atoms with Gasteiger partial charge in [-0.15, -0.1) is 11.3 Å². The van der Waals surface area contributed by atoms with E-state index in [1.165, 1.54) is 4.90 Å². The molecule has 4 rings (SSSR count). The van der Waals surface area contributed by atoms with Gasteiger partial charge in [-0.25, -0.2) is 13.8 Å². The van der Waals surface area contributed by atoms with Gasteiger partial charge < -0.3 is 9.84 Å². The molecule has 0 radical (unpaired) electrons. The molecule has 9 heteroatoms. The first-order valence-electron chi connectivity index (χ1n) is 8.37. The lowest BCUT2D eigenvalue weighted by molar-refractivity contribution is -0.142. The van der Waals surface area contributed by atoms with E-state index in [1.807, 2.05) is 6.92 Å². The number of halogens is 2. The number of hydrogen-bond donors (Lipinski definition) is 1. The van der Waals surface area contributed by atoms with Gasteiger partial charge in [0.25, 0.3) is 5.91 Å².